The molecule has 0 aromatic carbocycles. The van der Waals surface area contributed by atoms with E-state index in [1.165, 1.54) is 0 Å². The van der Waals surface area contributed by atoms with Gasteiger partial charge in [0.1, 0.15) is 0 Å². The fraction of sp³-hybridized carbons (Fsp3) is 1.00. The highest BCUT2D eigenvalue weighted by Gasteiger charge is 2.31. The van der Waals surface area contributed by atoms with Gasteiger partial charge < -0.3 is 5.32 Å². The van der Waals surface area contributed by atoms with Crippen LogP contribution in [0.1, 0.15) is 27.2 Å². The van der Waals surface area contributed by atoms with Crippen LogP contribution in [-0.2, 0) is 10.0 Å². The molecule has 2 atom stereocenters. The fourth-order valence-corrected chi connectivity index (χ4v) is 3.86. The topological polar surface area (TPSA) is 52.7 Å². The summed E-state index contributed by atoms with van der Waals surface area (Å²) < 4.78 is 26.2. The minimum absolute atomic E-state index is 0.349. The lowest BCUT2D eigenvalue weighted by Gasteiger charge is -2.38. The van der Waals surface area contributed by atoms with E-state index in [2.05, 4.69) is 24.1 Å². The maximum absolute atomic E-state index is 12.3. The first-order valence-corrected chi connectivity index (χ1v) is 8.31. The molecule has 0 aliphatic carbocycles. The summed E-state index contributed by atoms with van der Waals surface area (Å²) in [5, 5.41) is 2.58. The summed E-state index contributed by atoms with van der Waals surface area (Å²) in [4.78, 5) is 2.37. The van der Waals surface area contributed by atoms with Crippen molar-refractivity contribution in [1.82, 2.24) is 14.5 Å². The normalized spacial score (nSPS) is 22.9. The van der Waals surface area contributed by atoms with E-state index in [0.29, 0.717) is 25.7 Å². The minimum atomic E-state index is -3.14. The zero-order chi connectivity index (χ0) is 13.8. The lowest BCUT2D eigenvalue weighted by Crippen LogP contribution is -2.53. The Morgan fingerprint density at radius 2 is 1.72 bits per heavy atom. The third-order valence-corrected chi connectivity index (χ3v) is 6.12. The molecule has 1 aliphatic rings. The molecule has 0 spiro atoms. The minimum Gasteiger partial charge on any atom is -0.318 e. The van der Waals surface area contributed by atoms with Crippen LogP contribution in [0.5, 0.6) is 0 Å². The van der Waals surface area contributed by atoms with Gasteiger partial charge in [-0.2, -0.15) is 4.31 Å². The van der Waals surface area contributed by atoms with Gasteiger partial charge in [-0.05, 0) is 27.3 Å². The molecule has 0 aromatic rings. The lowest BCUT2D eigenvalue weighted by atomic mass is 10.2. The molecule has 0 saturated carbocycles. The average molecular weight is 277 g/mol. The van der Waals surface area contributed by atoms with Crippen molar-refractivity contribution in [3.63, 3.8) is 0 Å². The predicted octanol–water partition coefficient (Wildman–Crippen LogP) is 0.340. The van der Waals surface area contributed by atoms with E-state index in [9.17, 15) is 8.42 Å². The zero-order valence-corrected chi connectivity index (χ0v) is 12.8. The van der Waals surface area contributed by atoms with Gasteiger partial charge in [0.2, 0.25) is 10.0 Å². The van der Waals surface area contributed by atoms with Gasteiger partial charge in [0.05, 0.1) is 5.25 Å². The maximum atomic E-state index is 12.3. The molecule has 0 amide bonds. The van der Waals surface area contributed by atoms with Gasteiger partial charge in [-0.25, -0.2) is 8.42 Å². The van der Waals surface area contributed by atoms with Crippen molar-refractivity contribution in [3.8, 4) is 0 Å². The summed E-state index contributed by atoms with van der Waals surface area (Å²) in [7, 11) is -1.35. The second-order valence-electron chi connectivity index (χ2n) is 5.11. The average Bonchev–Trinajstić information content (AvgIpc) is 2.38. The fourth-order valence-electron chi connectivity index (χ4n) is 2.30. The standard InChI is InChI=1S/C12H27N3O2S/c1-5-11(2)14-6-8-15(9-7-14)18(16,17)12(3)10-13-4/h11-13H,5-10H2,1-4H3. The highest BCUT2D eigenvalue weighted by atomic mass is 32.2. The first-order valence-electron chi connectivity index (χ1n) is 6.81. The summed E-state index contributed by atoms with van der Waals surface area (Å²) in [5.41, 5.74) is 0. The Balaban J connectivity index is 2.57. The molecule has 1 saturated heterocycles. The molecule has 0 radical (unpaired) electrons. The monoisotopic (exact) mass is 277 g/mol. The Hall–Kier alpha value is -0.170. The van der Waals surface area contributed by atoms with Crippen LogP contribution < -0.4 is 5.32 Å². The molecule has 108 valence electrons. The van der Waals surface area contributed by atoms with Crippen molar-refractivity contribution in [2.45, 2.75) is 38.5 Å². The van der Waals surface area contributed by atoms with E-state index in [1.54, 1.807) is 18.3 Å². The largest absolute Gasteiger partial charge is 0.318 e. The van der Waals surface area contributed by atoms with E-state index in [4.69, 9.17) is 0 Å². The van der Waals surface area contributed by atoms with Crippen molar-refractivity contribution >= 4 is 10.0 Å². The van der Waals surface area contributed by atoms with Gasteiger partial charge in [-0.3, -0.25) is 4.90 Å². The number of hydrogen-bond acceptors (Lipinski definition) is 4. The van der Waals surface area contributed by atoms with Crippen LogP contribution >= 0.6 is 0 Å². The van der Waals surface area contributed by atoms with Gasteiger partial charge in [0.15, 0.2) is 0 Å². The third kappa shape index (κ3) is 3.66. The highest BCUT2D eigenvalue weighted by molar-refractivity contribution is 7.89. The second kappa shape index (κ2) is 6.84. The Labute approximate surface area is 112 Å². The molecule has 1 heterocycles. The molecule has 1 N–H and O–H groups in total. The van der Waals surface area contributed by atoms with Crippen LogP contribution in [0.25, 0.3) is 0 Å². The first-order chi connectivity index (χ1) is 8.43. The quantitative estimate of drug-likeness (QED) is 0.761. The van der Waals surface area contributed by atoms with Crippen LogP contribution in [0.15, 0.2) is 0 Å². The molecule has 0 bridgehead atoms. The van der Waals surface area contributed by atoms with Crippen LogP contribution in [0.3, 0.4) is 0 Å². The molecule has 1 fully saturated rings. The summed E-state index contributed by atoms with van der Waals surface area (Å²) in [6.45, 7) is 9.60. The third-order valence-electron chi connectivity index (χ3n) is 3.85. The number of rotatable bonds is 6. The molecular weight excluding hydrogens is 250 g/mol. The number of hydrogen-bond donors (Lipinski definition) is 1. The van der Waals surface area contributed by atoms with Gasteiger partial charge in [-0.15, -0.1) is 0 Å². The van der Waals surface area contributed by atoms with E-state index in [1.807, 2.05) is 0 Å². The van der Waals surface area contributed by atoms with Gasteiger partial charge >= 0.3 is 0 Å². The Bertz CT molecular complexity index is 337. The van der Waals surface area contributed by atoms with E-state index < -0.39 is 10.0 Å². The second-order valence-corrected chi connectivity index (χ2v) is 7.46. The molecule has 18 heavy (non-hydrogen) atoms. The number of nitrogens with one attached hydrogen (secondary N) is 1. The van der Waals surface area contributed by atoms with Crippen molar-refractivity contribution in [2.75, 3.05) is 39.8 Å². The van der Waals surface area contributed by atoms with E-state index in [0.717, 1.165) is 19.5 Å². The van der Waals surface area contributed by atoms with Crippen LogP contribution in [-0.4, -0.2) is 68.7 Å². The maximum Gasteiger partial charge on any atom is 0.218 e. The molecule has 5 nitrogen and oxygen atoms in total. The van der Waals surface area contributed by atoms with Crippen molar-refractivity contribution < 1.29 is 8.42 Å². The van der Waals surface area contributed by atoms with E-state index in [-0.39, 0.29) is 5.25 Å². The summed E-state index contributed by atoms with van der Waals surface area (Å²) >= 11 is 0. The first kappa shape index (κ1) is 15.9. The molecule has 6 heteroatoms. The Morgan fingerprint density at radius 1 is 1.17 bits per heavy atom. The predicted molar refractivity (Wildman–Crippen MR) is 75.2 cm³/mol. The Kier molecular flexibility index (Phi) is 6.04. The SMILES string of the molecule is CCC(C)N1CCN(S(=O)(=O)C(C)CNC)CC1. The van der Waals surface area contributed by atoms with Gasteiger partial charge in [0, 0.05) is 38.8 Å². The number of nitrogens with zero attached hydrogens (tertiary/aromatic N) is 2. The zero-order valence-electron chi connectivity index (χ0n) is 12.0. The van der Waals surface area contributed by atoms with Crippen molar-refractivity contribution in [1.29, 1.82) is 0 Å². The number of sulfonamides is 1. The van der Waals surface area contributed by atoms with Gasteiger partial charge in [-0.1, -0.05) is 6.92 Å². The summed E-state index contributed by atoms with van der Waals surface area (Å²) in [6.07, 6.45) is 1.11. The molecule has 1 rings (SSSR count). The van der Waals surface area contributed by atoms with Gasteiger partial charge in [0.25, 0.3) is 0 Å². The molecular formula is C12H27N3O2S. The Morgan fingerprint density at radius 3 is 2.17 bits per heavy atom. The van der Waals surface area contributed by atoms with Crippen LogP contribution in [0.4, 0.5) is 0 Å². The molecule has 1 aliphatic heterocycles. The number of piperazine rings is 1. The van der Waals surface area contributed by atoms with Crippen LogP contribution in [0, 0.1) is 0 Å². The van der Waals surface area contributed by atoms with Crippen molar-refractivity contribution in [3.05, 3.63) is 0 Å². The van der Waals surface area contributed by atoms with Crippen LogP contribution in [0.2, 0.25) is 0 Å². The van der Waals surface area contributed by atoms with E-state index >= 15 is 0 Å². The molecule has 0 aromatic heterocycles. The highest BCUT2D eigenvalue weighted by Crippen LogP contribution is 2.14. The summed E-state index contributed by atoms with van der Waals surface area (Å²) in [6, 6.07) is 0.546. The smallest absolute Gasteiger partial charge is 0.218 e. The molecule has 2 unspecified atom stereocenters. The summed E-state index contributed by atoms with van der Waals surface area (Å²) in [5.74, 6) is 0. The van der Waals surface area contributed by atoms with Crippen molar-refractivity contribution in [2.24, 2.45) is 0 Å². The lowest BCUT2D eigenvalue weighted by molar-refractivity contribution is 0.142.